The van der Waals surface area contributed by atoms with E-state index in [1.165, 1.54) is 63.9 Å². The van der Waals surface area contributed by atoms with Gasteiger partial charge in [-0.25, -0.2) is 0 Å². The zero-order valence-electron chi connectivity index (χ0n) is 15.9. The summed E-state index contributed by atoms with van der Waals surface area (Å²) in [5, 5.41) is 19.2. The number of phenols is 2. The Hall–Kier alpha value is -1.70. The van der Waals surface area contributed by atoms with Crippen LogP contribution in [-0.2, 0) is 6.42 Å². The van der Waals surface area contributed by atoms with Crippen LogP contribution in [0.15, 0.2) is 42.5 Å². The van der Waals surface area contributed by atoms with Gasteiger partial charge in [0.15, 0.2) is 11.5 Å². The first-order chi connectivity index (χ1) is 12.3. The molecule has 25 heavy (non-hydrogen) atoms. The zero-order chi connectivity index (χ0) is 18.2. The lowest BCUT2D eigenvalue weighted by Crippen LogP contribution is -1.87. The first kappa shape index (κ1) is 21.3. The molecule has 1 aromatic carbocycles. The number of allylic oxidation sites excluding steroid dienone is 4. The Kier molecular flexibility index (Phi) is 12.5. The molecule has 0 bridgehead atoms. The van der Waals surface area contributed by atoms with E-state index in [9.17, 15) is 10.2 Å². The molecule has 140 valence electrons. The molecule has 1 aromatic rings. The van der Waals surface area contributed by atoms with Gasteiger partial charge >= 0.3 is 0 Å². The molecular formula is C23H36O2. The van der Waals surface area contributed by atoms with Crippen LogP contribution in [0, 0.1) is 0 Å². The quantitative estimate of drug-likeness (QED) is 0.215. The van der Waals surface area contributed by atoms with Crippen LogP contribution in [0.1, 0.15) is 83.1 Å². The highest BCUT2D eigenvalue weighted by Crippen LogP contribution is 2.29. The minimum Gasteiger partial charge on any atom is -0.504 e. The van der Waals surface area contributed by atoms with Crippen molar-refractivity contribution in [2.75, 3.05) is 0 Å². The molecule has 0 aliphatic rings. The molecule has 0 aliphatic heterocycles. The van der Waals surface area contributed by atoms with Crippen LogP contribution in [0.4, 0.5) is 0 Å². The molecule has 0 aromatic heterocycles. The van der Waals surface area contributed by atoms with Gasteiger partial charge in [-0.15, -0.1) is 0 Å². The number of aromatic hydroxyl groups is 2. The second-order valence-corrected chi connectivity index (χ2v) is 6.77. The van der Waals surface area contributed by atoms with E-state index in [0.29, 0.717) is 0 Å². The fourth-order valence-electron chi connectivity index (χ4n) is 2.91. The minimum atomic E-state index is -0.0106. The third-order valence-corrected chi connectivity index (χ3v) is 4.48. The molecule has 0 amide bonds. The number of unbranched alkanes of at least 4 members (excludes halogenated alkanes) is 8. The van der Waals surface area contributed by atoms with Gasteiger partial charge in [-0.2, -0.15) is 0 Å². The van der Waals surface area contributed by atoms with E-state index in [4.69, 9.17) is 0 Å². The molecule has 0 aliphatic carbocycles. The normalized spacial score (nSPS) is 11.7. The Labute approximate surface area is 154 Å². The van der Waals surface area contributed by atoms with E-state index in [-0.39, 0.29) is 11.5 Å². The summed E-state index contributed by atoms with van der Waals surface area (Å²) in [4.78, 5) is 0. The summed E-state index contributed by atoms with van der Waals surface area (Å²) in [5.41, 5.74) is 0.858. The number of aryl methyl sites for hydroxylation is 1. The van der Waals surface area contributed by atoms with Crippen molar-refractivity contribution < 1.29 is 10.2 Å². The molecular weight excluding hydrogens is 308 g/mol. The monoisotopic (exact) mass is 344 g/mol. The second-order valence-electron chi connectivity index (χ2n) is 6.77. The number of hydrogen-bond donors (Lipinski definition) is 2. The number of phenolic OH excluding ortho intramolecular Hbond substituents is 2. The smallest absolute Gasteiger partial charge is 0.160 e. The van der Waals surface area contributed by atoms with Crippen molar-refractivity contribution in [3.05, 3.63) is 48.1 Å². The van der Waals surface area contributed by atoms with E-state index in [0.717, 1.165) is 24.8 Å². The maximum atomic E-state index is 9.75. The lowest BCUT2D eigenvalue weighted by atomic mass is 10.0. The Balaban J connectivity index is 1.90. The van der Waals surface area contributed by atoms with Crippen LogP contribution >= 0.6 is 0 Å². The summed E-state index contributed by atoms with van der Waals surface area (Å²) in [6.45, 7) is 2.21. The van der Waals surface area contributed by atoms with E-state index in [2.05, 4.69) is 31.2 Å². The molecule has 0 radical (unpaired) electrons. The van der Waals surface area contributed by atoms with Crippen LogP contribution in [0.25, 0.3) is 0 Å². The maximum absolute atomic E-state index is 9.75. The average molecular weight is 345 g/mol. The van der Waals surface area contributed by atoms with E-state index in [1.807, 2.05) is 6.07 Å². The fraction of sp³-hybridized carbons (Fsp3) is 0.565. The van der Waals surface area contributed by atoms with Gasteiger partial charge in [0.25, 0.3) is 0 Å². The van der Waals surface area contributed by atoms with Gasteiger partial charge in [-0.3, -0.25) is 0 Å². The standard InChI is InChI=1S/C23H36O2/c1-2-3-4-5-6-7-8-9-10-11-12-13-14-15-16-18-21-19-17-20-22(24)23(21)25/h4-5,7-8,17,19-20,24-25H,2-3,6,9-16,18H2,1H3/b5-4+,8-7-. The topological polar surface area (TPSA) is 40.5 Å². The van der Waals surface area contributed by atoms with Crippen molar-refractivity contribution in [2.45, 2.75) is 84.0 Å². The first-order valence-corrected chi connectivity index (χ1v) is 10.1. The Morgan fingerprint density at radius 3 is 2.12 bits per heavy atom. The molecule has 2 nitrogen and oxygen atoms in total. The van der Waals surface area contributed by atoms with Gasteiger partial charge in [0.2, 0.25) is 0 Å². The van der Waals surface area contributed by atoms with Gasteiger partial charge in [0, 0.05) is 0 Å². The molecule has 0 atom stereocenters. The highest BCUT2D eigenvalue weighted by atomic mass is 16.3. The summed E-state index contributed by atoms with van der Waals surface area (Å²) < 4.78 is 0. The Morgan fingerprint density at radius 1 is 0.760 bits per heavy atom. The molecule has 0 unspecified atom stereocenters. The number of para-hydroxylation sites is 1. The lowest BCUT2D eigenvalue weighted by Gasteiger charge is -2.06. The molecule has 2 N–H and O–H groups in total. The highest BCUT2D eigenvalue weighted by molar-refractivity contribution is 5.44. The average Bonchev–Trinajstić information content (AvgIpc) is 2.61. The predicted octanol–water partition coefficient (Wildman–Crippen LogP) is 7.06. The van der Waals surface area contributed by atoms with Gasteiger partial charge in [0.1, 0.15) is 0 Å². The summed E-state index contributed by atoms with van der Waals surface area (Å²) in [7, 11) is 0. The summed E-state index contributed by atoms with van der Waals surface area (Å²) in [6.07, 6.45) is 23.5. The van der Waals surface area contributed by atoms with Crippen LogP contribution < -0.4 is 0 Å². The van der Waals surface area contributed by atoms with Crippen molar-refractivity contribution in [2.24, 2.45) is 0 Å². The second kappa shape index (κ2) is 14.6. The number of benzene rings is 1. The molecule has 0 saturated heterocycles. The van der Waals surface area contributed by atoms with Gasteiger partial charge in [-0.1, -0.05) is 81.9 Å². The van der Waals surface area contributed by atoms with Gasteiger partial charge in [-0.05, 0) is 50.2 Å². The van der Waals surface area contributed by atoms with Crippen molar-refractivity contribution in [3.8, 4) is 11.5 Å². The summed E-state index contributed by atoms with van der Waals surface area (Å²) >= 11 is 0. The largest absolute Gasteiger partial charge is 0.504 e. The molecule has 0 spiro atoms. The fourth-order valence-corrected chi connectivity index (χ4v) is 2.91. The third-order valence-electron chi connectivity index (χ3n) is 4.48. The highest BCUT2D eigenvalue weighted by Gasteiger charge is 2.04. The molecule has 1 rings (SSSR count). The summed E-state index contributed by atoms with van der Waals surface area (Å²) in [5.74, 6) is 0.0416. The zero-order valence-corrected chi connectivity index (χ0v) is 15.9. The Morgan fingerprint density at radius 2 is 1.40 bits per heavy atom. The predicted molar refractivity (Wildman–Crippen MR) is 108 cm³/mol. The van der Waals surface area contributed by atoms with Crippen molar-refractivity contribution in [1.29, 1.82) is 0 Å². The van der Waals surface area contributed by atoms with Crippen molar-refractivity contribution in [3.63, 3.8) is 0 Å². The summed E-state index contributed by atoms with van der Waals surface area (Å²) in [6, 6.07) is 5.21. The van der Waals surface area contributed by atoms with E-state index < -0.39 is 0 Å². The first-order valence-electron chi connectivity index (χ1n) is 10.1. The third kappa shape index (κ3) is 10.7. The lowest BCUT2D eigenvalue weighted by molar-refractivity contribution is 0.398. The molecule has 0 heterocycles. The number of rotatable bonds is 14. The van der Waals surface area contributed by atoms with Crippen LogP contribution in [-0.4, -0.2) is 10.2 Å². The molecule has 0 saturated carbocycles. The number of hydrogen-bond acceptors (Lipinski definition) is 2. The van der Waals surface area contributed by atoms with Crippen molar-refractivity contribution >= 4 is 0 Å². The van der Waals surface area contributed by atoms with Gasteiger partial charge < -0.3 is 10.2 Å². The van der Waals surface area contributed by atoms with E-state index in [1.54, 1.807) is 6.07 Å². The Bertz CT molecular complexity index is 503. The van der Waals surface area contributed by atoms with E-state index >= 15 is 0 Å². The van der Waals surface area contributed by atoms with Crippen molar-refractivity contribution in [1.82, 2.24) is 0 Å². The SMILES string of the molecule is CCC/C=C/C/C=C\CCCCCCCCCc1cccc(O)c1O. The molecule has 2 heteroatoms. The van der Waals surface area contributed by atoms with Crippen LogP contribution in [0.2, 0.25) is 0 Å². The van der Waals surface area contributed by atoms with Crippen LogP contribution in [0.5, 0.6) is 11.5 Å². The van der Waals surface area contributed by atoms with Gasteiger partial charge in [0.05, 0.1) is 0 Å². The molecule has 0 fully saturated rings. The minimum absolute atomic E-state index is 0.0106. The maximum Gasteiger partial charge on any atom is 0.160 e. The van der Waals surface area contributed by atoms with Crippen LogP contribution in [0.3, 0.4) is 0 Å².